The van der Waals surface area contributed by atoms with Gasteiger partial charge in [-0.05, 0) is 25.0 Å². The molecule has 4 heteroatoms. The maximum absolute atomic E-state index is 12.5. The van der Waals surface area contributed by atoms with Crippen LogP contribution < -0.4 is 9.63 Å². The Balaban J connectivity index is 1.98. The minimum atomic E-state index is -0.0574. The number of carbonyl (C=O) groups excluding carboxylic acids is 1. The zero-order chi connectivity index (χ0) is 13.4. The van der Waals surface area contributed by atoms with Crippen molar-refractivity contribution in [1.82, 2.24) is 0 Å². The lowest BCUT2D eigenvalue weighted by Gasteiger charge is -2.22. The minimum Gasteiger partial charge on any atom is -0.619 e. The number of hydrogen-bond donors (Lipinski definition) is 0. The SMILES string of the molecule is CC1Cc2ccccc2N1C(=O)c1cc[n+]([O-])cc1. The van der Waals surface area contributed by atoms with Crippen molar-refractivity contribution in [3.05, 3.63) is 65.1 Å². The van der Waals surface area contributed by atoms with E-state index in [0.29, 0.717) is 10.3 Å². The topological polar surface area (TPSA) is 47.2 Å². The van der Waals surface area contributed by atoms with Crippen LogP contribution in [0.4, 0.5) is 5.69 Å². The van der Waals surface area contributed by atoms with E-state index in [4.69, 9.17) is 0 Å². The average Bonchev–Trinajstić information content (AvgIpc) is 2.74. The monoisotopic (exact) mass is 254 g/mol. The van der Waals surface area contributed by atoms with Gasteiger partial charge in [0.05, 0.1) is 5.56 Å². The van der Waals surface area contributed by atoms with Crippen molar-refractivity contribution in [3.63, 3.8) is 0 Å². The number of amides is 1. The van der Waals surface area contributed by atoms with E-state index in [2.05, 4.69) is 6.07 Å². The number of pyridine rings is 1. The standard InChI is InChI=1S/C15H14N2O2/c1-11-10-13-4-2-3-5-14(13)17(11)15(18)12-6-8-16(19)9-7-12/h2-9,11H,10H2,1H3. The Kier molecular flexibility index (Phi) is 2.71. The highest BCUT2D eigenvalue weighted by molar-refractivity contribution is 6.07. The van der Waals surface area contributed by atoms with Crippen LogP contribution in [0.5, 0.6) is 0 Å². The number of fused-ring (bicyclic) bond motifs is 1. The van der Waals surface area contributed by atoms with Crippen molar-refractivity contribution in [2.24, 2.45) is 0 Å². The smallest absolute Gasteiger partial charge is 0.258 e. The molecule has 1 aromatic heterocycles. The van der Waals surface area contributed by atoms with Gasteiger partial charge < -0.3 is 10.1 Å². The molecule has 1 unspecified atom stereocenters. The van der Waals surface area contributed by atoms with Crippen molar-refractivity contribution in [3.8, 4) is 0 Å². The summed E-state index contributed by atoms with van der Waals surface area (Å²) in [7, 11) is 0. The van der Waals surface area contributed by atoms with Crippen LogP contribution in [0.3, 0.4) is 0 Å². The van der Waals surface area contributed by atoms with Gasteiger partial charge in [0.1, 0.15) is 0 Å². The number of para-hydroxylation sites is 1. The first kappa shape index (κ1) is 11.7. The predicted molar refractivity (Wildman–Crippen MR) is 71.8 cm³/mol. The number of aromatic nitrogens is 1. The molecule has 0 saturated heterocycles. The average molecular weight is 254 g/mol. The van der Waals surface area contributed by atoms with Crippen LogP contribution in [0, 0.1) is 5.21 Å². The first-order valence-corrected chi connectivity index (χ1v) is 6.27. The molecule has 1 aliphatic heterocycles. The van der Waals surface area contributed by atoms with Gasteiger partial charge in [-0.1, -0.05) is 18.2 Å². The normalized spacial score (nSPS) is 17.3. The maximum Gasteiger partial charge on any atom is 0.258 e. The van der Waals surface area contributed by atoms with Crippen molar-refractivity contribution in [1.29, 1.82) is 0 Å². The van der Waals surface area contributed by atoms with E-state index in [1.807, 2.05) is 25.1 Å². The fourth-order valence-electron chi connectivity index (χ4n) is 2.57. The molecular weight excluding hydrogens is 240 g/mol. The van der Waals surface area contributed by atoms with Crippen LogP contribution >= 0.6 is 0 Å². The Morgan fingerprint density at radius 1 is 1.26 bits per heavy atom. The van der Waals surface area contributed by atoms with Gasteiger partial charge in [0.15, 0.2) is 12.4 Å². The highest BCUT2D eigenvalue weighted by atomic mass is 16.5. The molecule has 1 aromatic carbocycles. The molecule has 1 amide bonds. The molecule has 19 heavy (non-hydrogen) atoms. The second-order valence-corrected chi connectivity index (χ2v) is 4.80. The molecule has 1 aliphatic rings. The van der Waals surface area contributed by atoms with Crippen LogP contribution in [-0.2, 0) is 6.42 Å². The van der Waals surface area contributed by atoms with E-state index in [1.165, 1.54) is 18.0 Å². The Labute approximate surface area is 111 Å². The zero-order valence-electron chi connectivity index (χ0n) is 10.6. The number of carbonyl (C=O) groups is 1. The Bertz CT molecular complexity index is 622. The molecule has 0 N–H and O–H groups in total. The molecule has 0 aliphatic carbocycles. The summed E-state index contributed by atoms with van der Waals surface area (Å²) >= 11 is 0. The molecule has 0 spiro atoms. The minimum absolute atomic E-state index is 0.0574. The highest BCUT2D eigenvalue weighted by Gasteiger charge is 2.31. The van der Waals surface area contributed by atoms with Crippen molar-refractivity contribution in [2.45, 2.75) is 19.4 Å². The lowest BCUT2D eigenvalue weighted by Crippen LogP contribution is -2.36. The molecule has 4 nitrogen and oxygen atoms in total. The Morgan fingerprint density at radius 2 is 1.95 bits per heavy atom. The van der Waals surface area contributed by atoms with Gasteiger partial charge in [-0.3, -0.25) is 4.79 Å². The molecule has 1 atom stereocenters. The molecule has 96 valence electrons. The third kappa shape index (κ3) is 1.95. The summed E-state index contributed by atoms with van der Waals surface area (Å²) in [5, 5.41) is 11.0. The van der Waals surface area contributed by atoms with E-state index >= 15 is 0 Å². The third-order valence-corrected chi connectivity index (χ3v) is 3.48. The summed E-state index contributed by atoms with van der Waals surface area (Å²) < 4.78 is 0.679. The number of rotatable bonds is 1. The van der Waals surface area contributed by atoms with Gasteiger partial charge in [-0.2, -0.15) is 4.73 Å². The summed E-state index contributed by atoms with van der Waals surface area (Å²) in [6, 6.07) is 11.2. The van der Waals surface area contributed by atoms with Gasteiger partial charge in [0.25, 0.3) is 5.91 Å². The van der Waals surface area contributed by atoms with Crippen LogP contribution in [0.15, 0.2) is 48.8 Å². The molecule has 0 fully saturated rings. The van der Waals surface area contributed by atoms with Gasteiger partial charge in [0.2, 0.25) is 0 Å². The quantitative estimate of drug-likeness (QED) is 0.576. The van der Waals surface area contributed by atoms with Gasteiger partial charge >= 0.3 is 0 Å². The number of nitrogens with zero attached hydrogens (tertiary/aromatic N) is 2. The molecule has 2 heterocycles. The zero-order valence-corrected chi connectivity index (χ0v) is 10.6. The molecule has 0 bridgehead atoms. The molecule has 2 aromatic rings. The summed E-state index contributed by atoms with van der Waals surface area (Å²) in [6.45, 7) is 2.04. The van der Waals surface area contributed by atoms with E-state index in [0.717, 1.165) is 12.1 Å². The fraction of sp³-hybridized carbons (Fsp3) is 0.200. The first-order valence-electron chi connectivity index (χ1n) is 6.27. The maximum atomic E-state index is 12.5. The molecular formula is C15H14N2O2. The van der Waals surface area contributed by atoms with Crippen LogP contribution in [0.25, 0.3) is 0 Å². The number of hydrogen-bond acceptors (Lipinski definition) is 2. The lowest BCUT2D eigenvalue weighted by atomic mass is 10.1. The fourth-order valence-corrected chi connectivity index (χ4v) is 2.57. The number of benzene rings is 1. The molecule has 0 radical (unpaired) electrons. The molecule has 0 saturated carbocycles. The van der Waals surface area contributed by atoms with Gasteiger partial charge in [0, 0.05) is 23.9 Å². The Morgan fingerprint density at radius 3 is 2.68 bits per heavy atom. The summed E-state index contributed by atoms with van der Waals surface area (Å²) in [5.74, 6) is -0.0574. The summed E-state index contributed by atoms with van der Waals surface area (Å²) in [5.41, 5.74) is 2.70. The predicted octanol–water partition coefficient (Wildman–Crippen LogP) is 1.91. The van der Waals surface area contributed by atoms with Crippen LogP contribution in [0.2, 0.25) is 0 Å². The van der Waals surface area contributed by atoms with E-state index in [9.17, 15) is 10.0 Å². The molecule has 3 rings (SSSR count). The second kappa shape index (κ2) is 4.39. The van der Waals surface area contributed by atoms with Gasteiger partial charge in [-0.25, -0.2) is 0 Å². The third-order valence-electron chi connectivity index (χ3n) is 3.48. The van der Waals surface area contributed by atoms with E-state index in [-0.39, 0.29) is 11.9 Å². The summed E-state index contributed by atoms with van der Waals surface area (Å²) in [4.78, 5) is 14.4. The lowest BCUT2D eigenvalue weighted by molar-refractivity contribution is -0.605. The van der Waals surface area contributed by atoms with E-state index < -0.39 is 0 Å². The summed E-state index contributed by atoms with van der Waals surface area (Å²) in [6.07, 6.45) is 3.57. The highest BCUT2D eigenvalue weighted by Crippen LogP contribution is 2.32. The van der Waals surface area contributed by atoms with Crippen molar-refractivity contribution < 1.29 is 9.52 Å². The Hall–Kier alpha value is -2.36. The largest absolute Gasteiger partial charge is 0.619 e. The van der Waals surface area contributed by atoms with E-state index in [1.54, 1.807) is 17.0 Å². The van der Waals surface area contributed by atoms with Crippen LogP contribution in [-0.4, -0.2) is 11.9 Å². The van der Waals surface area contributed by atoms with Gasteiger partial charge in [-0.15, -0.1) is 0 Å². The first-order chi connectivity index (χ1) is 9.16. The number of anilines is 1. The van der Waals surface area contributed by atoms with Crippen LogP contribution in [0.1, 0.15) is 22.8 Å². The second-order valence-electron chi connectivity index (χ2n) is 4.80. The van der Waals surface area contributed by atoms with Crippen molar-refractivity contribution in [2.75, 3.05) is 4.90 Å². The van der Waals surface area contributed by atoms with Crippen molar-refractivity contribution >= 4 is 11.6 Å².